The molecule has 0 saturated carbocycles. The van der Waals surface area contributed by atoms with E-state index in [9.17, 15) is 14.4 Å². The lowest BCUT2D eigenvalue weighted by molar-refractivity contribution is -0.167. The number of esters is 3. The van der Waals surface area contributed by atoms with Gasteiger partial charge in [-0.3, -0.25) is 14.4 Å². The fourth-order valence-corrected chi connectivity index (χ4v) is 8.11. The molecule has 0 heterocycles. The third-order valence-electron chi connectivity index (χ3n) is 12.3. The summed E-state index contributed by atoms with van der Waals surface area (Å²) in [6.07, 6.45) is 65.6. The Bertz CT molecular complexity index is 1140. The van der Waals surface area contributed by atoms with E-state index in [1.54, 1.807) is 0 Å². The van der Waals surface area contributed by atoms with E-state index in [2.05, 4.69) is 69.4 Å². The quantitative estimate of drug-likeness (QED) is 0.0262. The summed E-state index contributed by atoms with van der Waals surface area (Å²) in [6.45, 7) is 6.46. The number of hydrogen-bond donors (Lipinski definition) is 0. The number of carbonyl (C=O) groups excluding carboxylic acids is 3. The van der Waals surface area contributed by atoms with Gasteiger partial charge in [-0.2, -0.15) is 0 Å². The first-order chi connectivity index (χ1) is 32.0. The third-order valence-corrected chi connectivity index (χ3v) is 12.3. The molecule has 0 aromatic heterocycles. The average Bonchev–Trinajstić information content (AvgIpc) is 3.30. The van der Waals surface area contributed by atoms with Crippen LogP contribution in [0.4, 0.5) is 0 Å². The normalized spacial score (nSPS) is 12.4. The van der Waals surface area contributed by atoms with Crippen molar-refractivity contribution in [2.24, 2.45) is 0 Å². The molecule has 0 spiro atoms. The predicted octanol–water partition coefficient (Wildman–Crippen LogP) is 18.7. The van der Waals surface area contributed by atoms with Crippen molar-refractivity contribution in [3.8, 4) is 0 Å². The van der Waals surface area contributed by atoms with Gasteiger partial charge in [-0.1, -0.05) is 249 Å². The van der Waals surface area contributed by atoms with Crippen LogP contribution in [-0.2, 0) is 28.6 Å². The Morgan fingerprint density at radius 3 is 1.03 bits per heavy atom. The second kappa shape index (κ2) is 54.0. The third kappa shape index (κ3) is 52.2. The van der Waals surface area contributed by atoms with Gasteiger partial charge in [-0.25, -0.2) is 0 Å². The van der Waals surface area contributed by atoms with Crippen molar-refractivity contribution in [1.82, 2.24) is 0 Å². The second-order valence-electron chi connectivity index (χ2n) is 18.8. The van der Waals surface area contributed by atoms with Gasteiger partial charge in [0.15, 0.2) is 6.10 Å². The molecule has 1 atom stereocenters. The van der Waals surface area contributed by atoms with Crippen molar-refractivity contribution in [3.05, 3.63) is 48.6 Å². The highest BCUT2D eigenvalue weighted by atomic mass is 16.6. The van der Waals surface area contributed by atoms with E-state index in [-0.39, 0.29) is 31.1 Å². The average molecular weight is 911 g/mol. The van der Waals surface area contributed by atoms with Crippen LogP contribution in [0.5, 0.6) is 0 Å². The van der Waals surface area contributed by atoms with Crippen LogP contribution in [0.2, 0.25) is 0 Å². The summed E-state index contributed by atoms with van der Waals surface area (Å²) in [5.74, 6) is -0.916. The lowest BCUT2D eigenvalue weighted by Gasteiger charge is -2.18. The summed E-state index contributed by atoms with van der Waals surface area (Å²) in [6, 6.07) is 0. The van der Waals surface area contributed by atoms with Crippen LogP contribution in [-0.4, -0.2) is 37.2 Å². The Labute approximate surface area is 403 Å². The van der Waals surface area contributed by atoms with Crippen LogP contribution >= 0.6 is 0 Å². The van der Waals surface area contributed by atoms with Gasteiger partial charge in [0.1, 0.15) is 13.2 Å². The molecule has 0 rings (SSSR count). The minimum Gasteiger partial charge on any atom is -0.462 e. The van der Waals surface area contributed by atoms with Crippen molar-refractivity contribution in [2.75, 3.05) is 13.2 Å². The van der Waals surface area contributed by atoms with Crippen LogP contribution in [0.25, 0.3) is 0 Å². The molecular weight excluding hydrogens is 805 g/mol. The zero-order chi connectivity index (χ0) is 47.2. The molecule has 6 nitrogen and oxygen atoms in total. The lowest BCUT2D eigenvalue weighted by Crippen LogP contribution is -2.30. The minimum atomic E-state index is -0.788. The molecule has 0 aromatic carbocycles. The summed E-state index contributed by atoms with van der Waals surface area (Å²) in [7, 11) is 0. The number of rotatable bonds is 51. The van der Waals surface area contributed by atoms with E-state index in [0.29, 0.717) is 19.3 Å². The molecular formula is C59H106O6. The first-order valence-electron chi connectivity index (χ1n) is 28.1. The molecule has 0 aliphatic rings. The zero-order valence-corrected chi connectivity index (χ0v) is 43.3. The van der Waals surface area contributed by atoms with Crippen LogP contribution in [0.1, 0.15) is 290 Å². The fraction of sp³-hybridized carbons (Fsp3) is 0.814. The monoisotopic (exact) mass is 911 g/mol. The maximum Gasteiger partial charge on any atom is 0.306 e. The van der Waals surface area contributed by atoms with Crippen molar-refractivity contribution in [2.45, 2.75) is 297 Å². The Hall–Kier alpha value is -2.63. The van der Waals surface area contributed by atoms with Crippen molar-refractivity contribution >= 4 is 17.9 Å². The van der Waals surface area contributed by atoms with E-state index < -0.39 is 6.10 Å². The van der Waals surface area contributed by atoms with Gasteiger partial charge in [0.2, 0.25) is 0 Å². The summed E-state index contributed by atoms with van der Waals surface area (Å²) in [5.41, 5.74) is 0. The predicted molar refractivity (Wildman–Crippen MR) is 279 cm³/mol. The maximum atomic E-state index is 12.8. The molecule has 6 heteroatoms. The molecule has 378 valence electrons. The molecule has 0 amide bonds. The minimum absolute atomic E-state index is 0.0852. The van der Waals surface area contributed by atoms with Crippen molar-refractivity contribution in [3.63, 3.8) is 0 Å². The highest BCUT2D eigenvalue weighted by Crippen LogP contribution is 2.17. The van der Waals surface area contributed by atoms with Gasteiger partial charge < -0.3 is 14.2 Å². The lowest BCUT2D eigenvalue weighted by atomic mass is 10.0. The Balaban J connectivity index is 4.19. The molecule has 0 fully saturated rings. The summed E-state index contributed by atoms with van der Waals surface area (Å²) in [5, 5.41) is 0. The van der Waals surface area contributed by atoms with Gasteiger partial charge in [-0.05, 0) is 70.6 Å². The summed E-state index contributed by atoms with van der Waals surface area (Å²) >= 11 is 0. The second-order valence-corrected chi connectivity index (χ2v) is 18.8. The largest absolute Gasteiger partial charge is 0.462 e. The van der Waals surface area contributed by atoms with Crippen LogP contribution in [0.15, 0.2) is 48.6 Å². The molecule has 0 bridgehead atoms. The maximum absolute atomic E-state index is 12.8. The van der Waals surface area contributed by atoms with Crippen LogP contribution < -0.4 is 0 Å². The Morgan fingerprint density at radius 2 is 0.631 bits per heavy atom. The molecule has 65 heavy (non-hydrogen) atoms. The van der Waals surface area contributed by atoms with Gasteiger partial charge in [0.05, 0.1) is 0 Å². The zero-order valence-electron chi connectivity index (χ0n) is 43.3. The van der Waals surface area contributed by atoms with E-state index in [0.717, 1.165) is 96.3 Å². The van der Waals surface area contributed by atoms with Gasteiger partial charge in [-0.15, -0.1) is 0 Å². The molecule has 0 aliphatic carbocycles. The Kier molecular flexibility index (Phi) is 51.8. The van der Waals surface area contributed by atoms with Gasteiger partial charge in [0, 0.05) is 19.3 Å². The number of ether oxygens (including phenoxy) is 3. The molecule has 0 saturated heterocycles. The number of allylic oxidation sites excluding steroid dienone is 8. The first kappa shape index (κ1) is 62.4. The molecule has 0 aliphatic heterocycles. The SMILES string of the molecule is CC/C=C\C/C=C\C/C=C\CCCCCC(=O)OC(COC(=O)CCCCCCC/C=C\CCC)COC(=O)CCCCCCCCCCCCCCCCCCCCCCCCCC. The number of hydrogen-bond acceptors (Lipinski definition) is 6. The van der Waals surface area contributed by atoms with Gasteiger partial charge in [0.25, 0.3) is 0 Å². The molecule has 0 N–H and O–H groups in total. The number of carbonyl (C=O) groups is 3. The summed E-state index contributed by atoms with van der Waals surface area (Å²) in [4.78, 5) is 38.0. The Morgan fingerprint density at radius 1 is 0.323 bits per heavy atom. The van der Waals surface area contributed by atoms with Crippen molar-refractivity contribution in [1.29, 1.82) is 0 Å². The van der Waals surface area contributed by atoms with E-state index in [1.807, 2.05) is 0 Å². The topological polar surface area (TPSA) is 78.9 Å². The molecule has 1 unspecified atom stereocenters. The van der Waals surface area contributed by atoms with E-state index in [4.69, 9.17) is 14.2 Å². The smallest absolute Gasteiger partial charge is 0.306 e. The van der Waals surface area contributed by atoms with Crippen LogP contribution in [0, 0.1) is 0 Å². The first-order valence-corrected chi connectivity index (χ1v) is 28.1. The number of unbranched alkanes of at least 4 members (excludes halogenated alkanes) is 32. The highest BCUT2D eigenvalue weighted by Gasteiger charge is 2.19. The molecule has 0 aromatic rings. The standard InChI is InChI=1S/C59H106O6/c1-4-7-10-13-16-19-22-24-25-26-27-28-29-30-31-32-33-34-36-37-40-43-46-49-52-58(61)64-55-56(54-63-57(60)51-48-45-42-39-21-18-15-12-9-6-3)65-59(62)53-50-47-44-41-38-35-23-20-17-14-11-8-5-2/h8,11-12,15,17,20,35,38,56H,4-7,9-10,13-14,16,18-19,21-34,36-37,39-55H2,1-3H3/b11-8-,15-12-,20-17-,38-35-. The van der Waals surface area contributed by atoms with Crippen LogP contribution in [0.3, 0.4) is 0 Å². The van der Waals surface area contributed by atoms with E-state index >= 15 is 0 Å². The van der Waals surface area contributed by atoms with E-state index in [1.165, 1.54) is 154 Å². The van der Waals surface area contributed by atoms with Gasteiger partial charge >= 0.3 is 17.9 Å². The fourth-order valence-electron chi connectivity index (χ4n) is 8.11. The summed E-state index contributed by atoms with van der Waals surface area (Å²) < 4.78 is 16.8. The van der Waals surface area contributed by atoms with Crippen molar-refractivity contribution < 1.29 is 28.6 Å². The molecule has 0 radical (unpaired) electrons. The highest BCUT2D eigenvalue weighted by molar-refractivity contribution is 5.71.